The Morgan fingerprint density at radius 2 is 1.81 bits per heavy atom. The van der Waals surface area contributed by atoms with Gasteiger partial charge in [-0.3, -0.25) is 9.38 Å². The minimum absolute atomic E-state index is 0.341. The highest BCUT2D eigenvalue weighted by atomic mass is 19.1. The summed E-state index contributed by atoms with van der Waals surface area (Å²) in [4.78, 5) is 17.6. The van der Waals surface area contributed by atoms with Crippen molar-refractivity contribution in [3.8, 4) is 0 Å². The summed E-state index contributed by atoms with van der Waals surface area (Å²) in [6, 6.07) is 7.97. The van der Waals surface area contributed by atoms with E-state index in [-0.39, 0.29) is 12.8 Å². The number of nitrogens with one attached hydrogen (secondary N) is 2. The Bertz CT molecular complexity index is 582. The second-order valence-corrected chi connectivity index (χ2v) is 7.05. The third kappa shape index (κ3) is 8.69. The first-order chi connectivity index (χ1) is 12.2. The van der Waals surface area contributed by atoms with Crippen LogP contribution in [0.2, 0.25) is 0 Å². The molecule has 0 unspecified atom stereocenters. The van der Waals surface area contributed by atoms with E-state index in [1.165, 1.54) is 0 Å². The van der Waals surface area contributed by atoms with Crippen LogP contribution >= 0.6 is 0 Å². The van der Waals surface area contributed by atoms with E-state index in [0.29, 0.717) is 32.0 Å². The Morgan fingerprint density at radius 3 is 2.35 bits per heavy atom. The average Bonchev–Trinajstić information content (AvgIpc) is 2.57. The van der Waals surface area contributed by atoms with Gasteiger partial charge in [-0.05, 0) is 38.3 Å². The van der Waals surface area contributed by atoms with E-state index in [4.69, 9.17) is 4.74 Å². The van der Waals surface area contributed by atoms with Crippen LogP contribution in [-0.4, -0.2) is 49.9 Å². The molecule has 0 aliphatic rings. The fourth-order valence-electron chi connectivity index (χ4n) is 2.12. The monoisotopic (exact) mass is 366 g/mol. The number of carbonyl (C=O) groups is 1. The number of hydrogen-bond donors (Lipinski definition) is 2. The van der Waals surface area contributed by atoms with E-state index in [1.807, 2.05) is 45.0 Å². The second kappa shape index (κ2) is 10.6. The van der Waals surface area contributed by atoms with E-state index in [0.717, 1.165) is 11.1 Å². The molecule has 0 bridgehead atoms. The van der Waals surface area contributed by atoms with Gasteiger partial charge in [0.15, 0.2) is 5.96 Å². The molecule has 0 saturated carbocycles. The lowest BCUT2D eigenvalue weighted by molar-refractivity contribution is 0.0285. The molecule has 1 aromatic rings. The van der Waals surface area contributed by atoms with Crippen LogP contribution in [0.5, 0.6) is 0 Å². The Labute approximate surface area is 155 Å². The van der Waals surface area contributed by atoms with Gasteiger partial charge in [-0.25, -0.2) is 4.79 Å². The number of ether oxygens (including phenoxy) is 1. The number of benzene rings is 1. The molecule has 146 valence electrons. The number of guanidine groups is 1. The van der Waals surface area contributed by atoms with Crippen LogP contribution in [-0.2, 0) is 17.8 Å². The van der Waals surface area contributed by atoms with Gasteiger partial charge in [0.2, 0.25) is 0 Å². The van der Waals surface area contributed by atoms with Gasteiger partial charge in [-0.15, -0.1) is 0 Å². The summed E-state index contributed by atoms with van der Waals surface area (Å²) in [6.45, 7) is 6.84. The number of halogens is 1. The van der Waals surface area contributed by atoms with Crippen LogP contribution in [0.4, 0.5) is 9.18 Å². The van der Waals surface area contributed by atoms with E-state index >= 15 is 0 Å². The van der Waals surface area contributed by atoms with E-state index in [1.54, 1.807) is 19.0 Å². The smallest absolute Gasteiger partial charge is 0.410 e. The first-order valence-electron chi connectivity index (χ1n) is 8.77. The maximum atomic E-state index is 12.1. The summed E-state index contributed by atoms with van der Waals surface area (Å²) in [7, 11) is 3.40. The predicted octanol–water partition coefficient (Wildman–Crippen LogP) is 3.08. The van der Waals surface area contributed by atoms with Gasteiger partial charge in [0.1, 0.15) is 5.60 Å². The SMILES string of the molecule is CN=C(NCCCF)NCc1ccc(CN(C)C(=O)OC(C)(C)C)cc1. The fourth-order valence-corrected chi connectivity index (χ4v) is 2.12. The van der Waals surface area contributed by atoms with E-state index < -0.39 is 5.60 Å². The van der Waals surface area contributed by atoms with Crippen LogP contribution in [0.25, 0.3) is 0 Å². The maximum Gasteiger partial charge on any atom is 0.410 e. The van der Waals surface area contributed by atoms with Crippen LogP contribution in [0.1, 0.15) is 38.3 Å². The lowest BCUT2D eigenvalue weighted by atomic mass is 10.1. The molecule has 0 radical (unpaired) electrons. The molecule has 1 amide bonds. The van der Waals surface area contributed by atoms with Crippen molar-refractivity contribution in [3.63, 3.8) is 0 Å². The first kappa shape index (κ1) is 21.7. The fraction of sp³-hybridized carbons (Fsp3) is 0.579. The molecule has 0 heterocycles. The zero-order valence-corrected chi connectivity index (χ0v) is 16.4. The number of rotatable bonds is 7. The number of carbonyl (C=O) groups excluding carboxylic acids is 1. The summed E-state index contributed by atoms with van der Waals surface area (Å²) in [5.41, 5.74) is 1.60. The van der Waals surface area contributed by atoms with Crippen molar-refractivity contribution in [1.82, 2.24) is 15.5 Å². The van der Waals surface area contributed by atoms with Gasteiger partial charge >= 0.3 is 6.09 Å². The largest absolute Gasteiger partial charge is 0.444 e. The molecule has 0 fully saturated rings. The number of aliphatic imine (C=N–C) groups is 1. The third-order valence-electron chi connectivity index (χ3n) is 3.43. The van der Waals surface area contributed by atoms with Gasteiger partial charge in [0, 0.05) is 33.7 Å². The summed E-state index contributed by atoms with van der Waals surface area (Å²) < 4.78 is 17.5. The second-order valence-electron chi connectivity index (χ2n) is 7.05. The van der Waals surface area contributed by atoms with Crippen molar-refractivity contribution in [1.29, 1.82) is 0 Å². The molecule has 1 rings (SSSR count). The predicted molar refractivity (Wildman–Crippen MR) is 103 cm³/mol. The van der Waals surface area contributed by atoms with Gasteiger partial charge in [-0.2, -0.15) is 0 Å². The lowest BCUT2D eigenvalue weighted by Gasteiger charge is -2.24. The Balaban J connectivity index is 2.49. The zero-order valence-electron chi connectivity index (χ0n) is 16.4. The summed E-state index contributed by atoms with van der Waals surface area (Å²) in [5.74, 6) is 0.646. The van der Waals surface area contributed by atoms with Crippen molar-refractivity contribution < 1.29 is 13.9 Å². The molecular formula is C19H31FN4O2. The van der Waals surface area contributed by atoms with Crippen LogP contribution in [0, 0.1) is 0 Å². The van der Waals surface area contributed by atoms with Crippen molar-refractivity contribution in [2.75, 3.05) is 27.3 Å². The molecule has 0 spiro atoms. The van der Waals surface area contributed by atoms with Crippen molar-refractivity contribution in [2.24, 2.45) is 4.99 Å². The normalized spacial score (nSPS) is 11.8. The quantitative estimate of drug-likeness (QED) is 0.442. The van der Waals surface area contributed by atoms with Gasteiger partial charge < -0.3 is 20.3 Å². The summed E-state index contributed by atoms with van der Waals surface area (Å²) >= 11 is 0. The van der Waals surface area contributed by atoms with Gasteiger partial charge in [0.25, 0.3) is 0 Å². The molecule has 6 nitrogen and oxygen atoms in total. The zero-order chi connectivity index (χ0) is 19.6. The average molecular weight is 366 g/mol. The molecule has 0 aromatic heterocycles. The number of nitrogens with zero attached hydrogens (tertiary/aromatic N) is 2. The van der Waals surface area contributed by atoms with Gasteiger partial charge in [0.05, 0.1) is 6.67 Å². The standard InChI is InChI=1S/C19H31FN4O2/c1-19(2,3)26-18(25)24(5)14-16-9-7-15(8-10-16)13-23-17(21-4)22-12-6-11-20/h7-10H,6,11-14H2,1-5H3,(H2,21,22,23). The highest BCUT2D eigenvalue weighted by Crippen LogP contribution is 2.12. The van der Waals surface area contributed by atoms with E-state index in [2.05, 4.69) is 15.6 Å². The topological polar surface area (TPSA) is 66.0 Å². The summed E-state index contributed by atoms with van der Waals surface area (Å²) in [5, 5.41) is 6.23. The molecule has 0 aliphatic heterocycles. The van der Waals surface area contributed by atoms with Crippen LogP contribution in [0.15, 0.2) is 29.3 Å². The molecular weight excluding hydrogens is 335 g/mol. The number of hydrogen-bond acceptors (Lipinski definition) is 3. The maximum absolute atomic E-state index is 12.1. The highest BCUT2D eigenvalue weighted by Gasteiger charge is 2.19. The molecule has 2 N–H and O–H groups in total. The molecule has 0 saturated heterocycles. The molecule has 7 heteroatoms. The third-order valence-corrected chi connectivity index (χ3v) is 3.43. The Kier molecular flexibility index (Phi) is 8.88. The minimum Gasteiger partial charge on any atom is -0.444 e. The van der Waals surface area contributed by atoms with Crippen LogP contribution < -0.4 is 10.6 Å². The first-order valence-corrected chi connectivity index (χ1v) is 8.77. The molecule has 0 atom stereocenters. The molecule has 26 heavy (non-hydrogen) atoms. The van der Waals surface area contributed by atoms with Crippen molar-refractivity contribution in [2.45, 2.75) is 45.9 Å². The summed E-state index contributed by atoms with van der Waals surface area (Å²) in [6.07, 6.45) is 0.118. The highest BCUT2D eigenvalue weighted by molar-refractivity contribution is 5.79. The molecule has 0 aliphatic carbocycles. The Morgan fingerprint density at radius 1 is 1.19 bits per heavy atom. The lowest BCUT2D eigenvalue weighted by Crippen LogP contribution is -2.37. The van der Waals surface area contributed by atoms with Crippen molar-refractivity contribution >= 4 is 12.1 Å². The minimum atomic E-state index is -0.502. The Hall–Kier alpha value is -2.31. The van der Waals surface area contributed by atoms with Crippen molar-refractivity contribution in [3.05, 3.63) is 35.4 Å². The molecule has 1 aromatic carbocycles. The van der Waals surface area contributed by atoms with E-state index in [9.17, 15) is 9.18 Å². The van der Waals surface area contributed by atoms with Crippen LogP contribution in [0.3, 0.4) is 0 Å². The number of amides is 1. The number of alkyl halides is 1. The van der Waals surface area contributed by atoms with Gasteiger partial charge in [-0.1, -0.05) is 24.3 Å².